The van der Waals surface area contributed by atoms with E-state index in [0.717, 1.165) is 28.1 Å². The molecule has 1 heterocycles. The molecule has 0 fully saturated rings. The fourth-order valence-electron chi connectivity index (χ4n) is 8.60. The van der Waals surface area contributed by atoms with E-state index in [1.54, 1.807) is 0 Å². The van der Waals surface area contributed by atoms with Gasteiger partial charge in [0.2, 0.25) is 0 Å². The highest BCUT2D eigenvalue weighted by Gasteiger charge is 2.24. The van der Waals surface area contributed by atoms with Crippen molar-refractivity contribution in [2.75, 3.05) is 0 Å². The molecular formula is C49H30N2. The molecule has 0 bridgehead atoms. The van der Waals surface area contributed by atoms with Gasteiger partial charge in [-0.15, -0.1) is 0 Å². The van der Waals surface area contributed by atoms with E-state index >= 15 is 0 Å². The van der Waals surface area contributed by atoms with Crippen molar-refractivity contribution in [3.8, 4) is 61.6 Å². The minimum absolute atomic E-state index is 0.938. The first-order valence-electron chi connectivity index (χ1n) is 17.6. The van der Waals surface area contributed by atoms with E-state index < -0.39 is 0 Å². The zero-order valence-corrected chi connectivity index (χ0v) is 27.7. The molecule has 0 spiro atoms. The van der Waals surface area contributed by atoms with Crippen molar-refractivity contribution in [3.05, 3.63) is 182 Å². The second kappa shape index (κ2) is 10.9. The molecule has 9 aromatic carbocycles. The lowest BCUT2D eigenvalue weighted by Gasteiger charge is -2.19. The lowest BCUT2D eigenvalue weighted by atomic mass is 9.84. The summed E-state index contributed by atoms with van der Waals surface area (Å²) in [6.07, 6.45) is 0. The lowest BCUT2D eigenvalue weighted by Crippen LogP contribution is -1.97. The molecular weight excluding hydrogens is 617 g/mol. The van der Waals surface area contributed by atoms with Gasteiger partial charge in [0.05, 0.1) is 11.0 Å². The molecule has 2 heteroatoms. The maximum atomic E-state index is 5.12. The normalized spacial score (nSPS) is 11.9. The van der Waals surface area contributed by atoms with Gasteiger partial charge in [0.1, 0.15) is 5.82 Å². The summed E-state index contributed by atoms with van der Waals surface area (Å²) >= 11 is 0. The minimum Gasteiger partial charge on any atom is -0.292 e. The number of rotatable bonds is 4. The van der Waals surface area contributed by atoms with Crippen LogP contribution in [0.2, 0.25) is 0 Å². The van der Waals surface area contributed by atoms with Crippen molar-refractivity contribution in [1.29, 1.82) is 0 Å². The predicted octanol–water partition coefficient (Wildman–Crippen LogP) is 13.1. The van der Waals surface area contributed by atoms with Crippen LogP contribution in [-0.2, 0) is 0 Å². The smallest absolute Gasteiger partial charge is 0.145 e. The Labute approximate surface area is 295 Å². The summed E-state index contributed by atoms with van der Waals surface area (Å²) in [5.41, 5.74) is 14.6. The number of benzene rings is 9. The van der Waals surface area contributed by atoms with Gasteiger partial charge in [-0.25, -0.2) is 4.98 Å². The van der Waals surface area contributed by atoms with Crippen LogP contribution in [0.15, 0.2) is 182 Å². The van der Waals surface area contributed by atoms with Crippen molar-refractivity contribution in [3.63, 3.8) is 0 Å². The van der Waals surface area contributed by atoms with E-state index in [1.807, 2.05) is 0 Å². The third-order valence-electron chi connectivity index (χ3n) is 10.8. The minimum atomic E-state index is 0.938. The van der Waals surface area contributed by atoms with Crippen molar-refractivity contribution < 1.29 is 0 Å². The third-order valence-corrected chi connectivity index (χ3v) is 10.8. The van der Waals surface area contributed by atoms with Gasteiger partial charge in [0, 0.05) is 11.3 Å². The van der Waals surface area contributed by atoms with E-state index in [9.17, 15) is 0 Å². The fraction of sp³-hybridized carbons (Fsp3) is 0. The molecule has 2 nitrogen and oxygen atoms in total. The van der Waals surface area contributed by atoms with Gasteiger partial charge in [-0.1, -0.05) is 158 Å². The topological polar surface area (TPSA) is 17.8 Å². The SMILES string of the molecule is c1ccc(-n2c(-c3ccc(-c4c5ccccc5c(-c5ccc6c7c(cccc57)-c5ccccc5-6)c5ccccc45)cc3)nc3ccccc32)cc1. The molecule has 11 rings (SSSR count). The molecule has 0 unspecified atom stereocenters. The summed E-state index contributed by atoms with van der Waals surface area (Å²) in [6.45, 7) is 0. The molecule has 236 valence electrons. The summed E-state index contributed by atoms with van der Waals surface area (Å²) in [7, 11) is 0. The largest absolute Gasteiger partial charge is 0.292 e. The monoisotopic (exact) mass is 646 g/mol. The van der Waals surface area contributed by atoms with Crippen molar-refractivity contribution in [2.24, 2.45) is 0 Å². The molecule has 0 N–H and O–H groups in total. The van der Waals surface area contributed by atoms with Crippen LogP contribution in [0.3, 0.4) is 0 Å². The quantitative estimate of drug-likeness (QED) is 0.174. The molecule has 0 saturated carbocycles. The Morgan fingerprint density at radius 3 is 1.55 bits per heavy atom. The predicted molar refractivity (Wildman–Crippen MR) is 214 cm³/mol. The first-order chi connectivity index (χ1) is 25.3. The van der Waals surface area contributed by atoms with Gasteiger partial charge in [-0.05, 0) is 101 Å². The number of para-hydroxylation sites is 3. The highest BCUT2D eigenvalue weighted by Crippen LogP contribution is 2.51. The Balaban J connectivity index is 1.13. The molecule has 1 aliphatic rings. The summed E-state index contributed by atoms with van der Waals surface area (Å²) in [5, 5.41) is 7.68. The Hall–Kier alpha value is -6.77. The summed E-state index contributed by atoms with van der Waals surface area (Å²) < 4.78 is 2.26. The molecule has 1 aromatic heterocycles. The number of fused-ring (bicyclic) bond motifs is 6. The Bertz CT molecular complexity index is 2920. The molecule has 0 saturated heterocycles. The molecule has 10 aromatic rings. The second-order valence-electron chi connectivity index (χ2n) is 13.4. The van der Waals surface area contributed by atoms with E-state index in [4.69, 9.17) is 4.98 Å². The molecule has 0 atom stereocenters. The summed E-state index contributed by atoms with van der Waals surface area (Å²) in [5.74, 6) is 0.938. The average Bonchev–Trinajstić information content (AvgIpc) is 3.75. The zero-order chi connectivity index (χ0) is 33.5. The summed E-state index contributed by atoms with van der Waals surface area (Å²) in [4.78, 5) is 5.12. The number of hydrogen-bond acceptors (Lipinski definition) is 1. The number of hydrogen-bond donors (Lipinski definition) is 0. The lowest BCUT2D eigenvalue weighted by molar-refractivity contribution is 1.10. The number of aromatic nitrogens is 2. The van der Waals surface area contributed by atoms with Crippen LogP contribution in [0.1, 0.15) is 0 Å². The van der Waals surface area contributed by atoms with Crippen molar-refractivity contribution >= 4 is 43.4 Å². The first-order valence-corrected chi connectivity index (χ1v) is 17.6. The van der Waals surface area contributed by atoms with E-state index in [1.165, 1.54) is 76.8 Å². The van der Waals surface area contributed by atoms with Crippen LogP contribution in [0.5, 0.6) is 0 Å². The summed E-state index contributed by atoms with van der Waals surface area (Å²) in [6, 6.07) is 66.1. The van der Waals surface area contributed by atoms with Gasteiger partial charge in [-0.3, -0.25) is 4.57 Å². The maximum absolute atomic E-state index is 5.12. The molecule has 0 radical (unpaired) electrons. The van der Waals surface area contributed by atoms with Gasteiger partial charge in [0.15, 0.2) is 0 Å². The van der Waals surface area contributed by atoms with Gasteiger partial charge in [-0.2, -0.15) is 0 Å². The van der Waals surface area contributed by atoms with Gasteiger partial charge >= 0.3 is 0 Å². The zero-order valence-electron chi connectivity index (χ0n) is 27.7. The van der Waals surface area contributed by atoms with Crippen LogP contribution < -0.4 is 0 Å². The van der Waals surface area contributed by atoms with Crippen molar-refractivity contribution in [1.82, 2.24) is 9.55 Å². The fourth-order valence-corrected chi connectivity index (χ4v) is 8.60. The van der Waals surface area contributed by atoms with Crippen molar-refractivity contribution in [2.45, 2.75) is 0 Å². The standard InChI is InChI=1S/C49H30N2/c1-2-13-33(14-3-1)51-45-24-11-10-23-44(45)50-49(51)32-27-25-31(26-28-32)46-37-17-6-8-19-39(37)48(40-20-9-7-18-38(40)46)43-30-29-42-35-16-5-4-15-34(35)36-21-12-22-41(43)47(36)42/h1-30H. The van der Waals surface area contributed by atoms with Crippen LogP contribution in [0.4, 0.5) is 0 Å². The van der Waals surface area contributed by atoms with Gasteiger partial charge < -0.3 is 0 Å². The number of imidazole rings is 1. The van der Waals surface area contributed by atoms with Crippen LogP contribution in [0, 0.1) is 0 Å². The molecule has 1 aliphatic carbocycles. The third kappa shape index (κ3) is 4.08. The van der Waals surface area contributed by atoms with Crippen LogP contribution in [-0.4, -0.2) is 9.55 Å². The maximum Gasteiger partial charge on any atom is 0.145 e. The molecule has 51 heavy (non-hydrogen) atoms. The Morgan fingerprint density at radius 1 is 0.333 bits per heavy atom. The van der Waals surface area contributed by atoms with Gasteiger partial charge in [0.25, 0.3) is 0 Å². The second-order valence-corrected chi connectivity index (χ2v) is 13.4. The highest BCUT2D eigenvalue weighted by molar-refractivity contribution is 6.26. The Kier molecular flexibility index (Phi) is 5.99. The molecule has 0 amide bonds. The van der Waals surface area contributed by atoms with E-state index in [2.05, 4.69) is 187 Å². The van der Waals surface area contributed by atoms with Crippen LogP contribution in [0.25, 0.3) is 105 Å². The average molecular weight is 647 g/mol. The highest BCUT2D eigenvalue weighted by atomic mass is 15.1. The Morgan fingerprint density at radius 2 is 0.843 bits per heavy atom. The van der Waals surface area contributed by atoms with E-state index in [0.29, 0.717) is 0 Å². The molecule has 0 aliphatic heterocycles. The number of nitrogens with zero attached hydrogens (tertiary/aromatic N) is 2. The van der Waals surface area contributed by atoms with Crippen LogP contribution >= 0.6 is 0 Å². The first kappa shape index (κ1) is 28.1. The van der Waals surface area contributed by atoms with E-state index in [-0.39, 0.29) is 0 Å².